The minimum Gasteiger partial charge on any atom is -0.330 e. The summed E-state index contributed by atoms with van der Waals surface area (Å²) in [5.74, 6) is 0. The fraction of sp³-hybridized carbons (Fsp3) is 0.750. The molecule has 1 aromatic rings. The van der Waals surface area contributed by atoms with Gasteiger partial charge in [0.2, 0.25) is 10.0 Å². The normalized spacial score (nSPS) is 18.5. The third kappa shape index (κ3) is 3.38. The van der Waals surface area contributed by atoms with Crippen LogP contribution in [0.3, 0.4) is 0 Å². The fourth-order valence-electron chi connectivity index (χ4n) is 2.29. The highest BCUT2D eigenvalue weighted by atomic mass is 32.2. The molecule has 2 heterocycles. The monoisotopic (exact) mass is 301 g/mol. The fourth-order valence-corrected chi connectivity index (χ4v) is 3.67. The van der Waals surface area contributed by atoms with Crippen LogP contribution in [0.4, 0.5) is 0 Å². The number of nitrogens with zero attached hydrogens (tertiary/aromatic N) is 4. The van der Waals surface area contributed by atoms with Gasteiger partial charge in [-0.15, -0.1) is 0 Å². The van der Waals surface area contributed by atoms with E-state index in [-0.39, 0.29) is 4.90 Å². The number of aryl methyl sites for hydroxylation is 1. The standard InChI is InChI=1S/C12H23N5O2S/c1-2-15-6-8-17(9-7-15)20(18,19)12-10-14-16(11-12)5-3-4-13/h10-11H,2-9,13H2,1H3. The maximum atomic E-state index is 12.5. The summed E-state index contributed by atoms with van der Waals surface area (Å²) in [5.41, 5.74) is 5.44. The first kappa shape index (κ1) is 15.4. The summed E-state index contributed by atoms with van der Waals surface area (Å²) < 4.78 is 28.2. The predicted octanol–water partition coefficient (Wildman–Crippen LogP) is -0.442. The first-order valence-corrected chi connectivity index (χ1v) is 8.47. The van der Waals surface area contributed by atoms with Crippen molar-refractivity contribution >= 4 is 10.0 Å². The molecule has 8 heteroatoms. The number of likely N-dealkylation sites (N-methyl/N-ethyl adjacent to an activating group) is 1. The van der Waals surface area contributed by atoms with Crippen LogP contribution in [0.2, 0.25) is 0 Å². The largest absolute Gasteiger partial charge is 0.330 e. The zero-order valence-electron chi connectivity index (χ0n) is 11.9. The summed E-state index contributed by atoms with van der Waals surface area (Å²) >= 11 is 0. The van der Waals surface area contributed by atoms with Gasteiger partial charge in [-0.3, -0.25) is 4.68 Å². The molecule has 2 rings (SSSR count). The van der Waals surface area contributed by atoms with Gasteiger partial charge < -0.3 is 10.6 Å². The van der Waals surface area contributed by atoms with Crippen LogP contribution in [0.1, 0.15) is 13.3 Å². The summed E-state index contributed by atoms with van der Waals surface area (Å²) in [6.45, 7) is 6.94. The van der Waals surface area contributed by atoms with Crippen molar-refractivity contribution in [1.82, 2.24) is 19.0 Å². The number of hydrogen-bond donors (Lipinski definition) is 1. The Morgan fingerprint density at radius 3 is 2.60 bits per heavy atom. The summed E-state index contributed by atoms with van der Waals surface area (Å²) in [4.78, 5) is 2.52. The van der Waals surface area contributed by atoms with E-state index in [2.05, 4.69) is 16.9 Å². The molecular formula is C12H23N5O2S. The van der Waals surface area contributed by atoms with Crippen molar-refractivity contribution in [2.24, 2.45) is 5.73 Å². The summed E-state index contributed by atoms with van der Waals surface area (Å²) in [7, 11) is -3.41. The number of nitrogens with two attached hydrogens (primary N) is 1. The van der Waals surface area contributed by atoms with Crippen LogP contribution >= 0.6 is 0 Å². The van der Waals surface area contributed by atoms with Gasteiger partial charge in [0.15, 0.2) is 0 Å². The van der Waals surface area contributed by atoms with Crippen molar-refractivity contribution in [1.29, 1.82) is 0 Å². The van der Waals surface area contributed by atoms with Crippen LogP contribution in [-0.2, 0) is 16.6 Å². The second-order valence-corrected chi connectivity index (χ2v) is 6.86. The van der Waals surface area contributed by atoms with E-state index in [4.69, 9.17) is 5.73 Å². The predicted molar refractivity (Wildman–Crippen MR) is 76.8 cm³/mol. The lowest BCUT2D eigenvalue weighted by molar-refractivity contribution is 0.196. The molecular weight excluding hydrogens is 278 g/mol. The SMILES string of the molecule is CCN1CCN(S(=O)(=O)c2cnn(CCCN)c2)CC1. The topological polar surface area (TPSA) is 84.5 Å². The molecule has 1 aliphatic heterocycles. The minimum absolute atomic E-state index is 0.277. The molecule has 7 nitrogen and oxygen atoms in total. The van der Waals surface area contributed by atoms with Crippen molar-refractivity contribution < 1.29 is 8.42 Å². The highest BCUT2D eigenvalue weighted by Gasteiger charge is 2.28. The van der Waals surface area contributed by atoms with Gasteiger partial charge in [0.05, 0.1) is 6.20 Å². The quantitative estimate of drug-likeness (QED) is 0.770. The lowest BCUT2D eigenvalue weighted by Gasteiger charge is -2.32. The molecule has 0 aliphatic carbocycles. The van der Waals surface area contributed by atoms with Crippen molar-refractivity contribution in [3.63, 3.8) is 0 Å². The van der Waals surface area contributed by atoms with Crippen LogP contribution in [-0.4, -0.2) is 66.7 Å². The Kier molecular flexibility index (Phi) is 5.14. The molecule has 0 atom stereocenters. The third-order valence-electron chi connectivity index (χ3n) is 3.62. The Bertz CT molecular complexity index is 520. The van der Waals surface area contributed by atoms with E-state index in [9.17, 15) is 8.42 Å². The zero-order valence-corrected chi connectivity index (χ0v) is 12.7. The zero-order chi connectivity index (χ0) is 14.6. The minimum atomic E-state index is -3.41. The first-order chi connectivity index (χ1) is 9.57. The van der Waals surface area contributed by atoms with Crippen LogP contribution in [0, 0.1) is 0 Å². The number of rotatable bonds is 6. The highest BCUT2D eigenvalue weighted by Crippen LogP contribution is 2.16. The van der Waals surface area contributed by atoms with Crippen LogP contribution in [0.25, 0.3) is 0 Å². The Balaban J connectivity index is 2.04. The lowest BCUT2D eigenvalue weighted by Crippen LogP contribution is -2.48. The molecule has 1 saturated heterocycles. The van der Waals surface area contributed by atoms with Crippen molar-refractivity contribution in [2.75, 3.05) is 39.3 Å². The molecule has 20 heavy (non-hydrogen) atoms. The van der Waals surface area contributed by atoms with Gasteiger partial charge >= 0.3 is 0 Å². The van der Waals surface area contributed by atoms with E-state index in [0.29, 0.717) is 26.2 Å². The summed E-state index contributed by atoms with van der Waals surface area (Å²) in [6, 6.07) is 0. The summed E-state index contributed by atoms with van der Waals surface area (Å²) in [6.07, 6.45) is 3.81. The average Bonchev–Trinajstić information content (AvgIpc) is 2.94. The van der Waals surface area contributed by atoms with E-state index in [1.807, 2.05) is 0 Å². The molecule has 0 amide bonds. The second kappa shape index (κ2) is 6.66. The molecule has 114 valence electrons. The third-order valence-corrected chi connectivity index (χ3v) is 5.47. The maximum Gasteiger partial charge on any atom is 0.246 e. The molecule has 2 N–H and O–H groups in total. The Morgan fingerprint density at radius 1 is 1.30 bits per heavy atom. The van der Waals surface area contributed by atoms with Crippen molar-refractivity contribution in [2.45, 2.75) is 24.8 Å². The van der Waals surface area contributed by atoms with Crippen molar-refractivity contribution in [3.05, 3.63) is 12.4 Å². The molecule has 0 aromatic carbocycles. The Labute approximate surface area is 120 Å². The molecule has 1 fully saturated rings. The van der Waals surface area contributed by atoms with Gasteiger partial charge in [-0.25, -0.2) is 8.42 Å². The van der Waals surface area contributed by atoms with Crippen LogP contribution in [0.5, 0.6) is 0 Å². The molecule has 1 aromatic heterocycles. The molecule has 0 saturated carbocycles. The molecule has 1 aliphatic rings. The van der Waals surface area contributed by atoms with E-state index in [1.54, 1.807) is 15.2 Å². The second-order valence-electron chi connectivity index (χ2n) is 4.92. The number of sulfonamides is 1. The Hall–Kier alpha value is -0.960. The van der Waals surface area contributed by atoms with E-state index < -0.39 is 10.0 Å². The molecule has 0 spiro atoms. The summed E-state index contributed by atoms with van der Waals surface area (Å²) in [5, 5.41) is 4.09. The smallest absolute Gasteiger partial charge is 0.246 e. The molecule has 0 bridgehead atoms. The molecule has 0 radical (unpaired) electrons. The number of piperazine rings is 1. The van der Waals surface area contributed by atoms with Gasteiger partial charge in [0, 0.05) is 38.9 Å². The van der Waals surface area contributed by atoms with Crippen LogP contribution < -0.4 is 5.73 Å². The number of aromatic nitrogens is 2. The maximum absolute atomic E-state index is 12.5. The average molecular weight is 301 g/mol. The van der Waals surface area contributed by atoms with Gasteiger partial charge in [-0.2, -0.15) is 9.40 Å². The highest BCUT2D eigenvalue weighted by molar-refractivity contribution is 7.89. The Morgan fingerprint density at radius 2 is 2.00 bits per heavy atom. The van der Waals surface area contributed by atoms with Crippen molar-refractivity contribution in [3.8, 4) is 0 Å². The van der Waals surface area contributed by atoms with E-state index in [1.165, 1.54) is 6.20 Å². The van der Waals surface area contributed by atoms with E-state index >= 15 is 0 Å². The van der Waals surface area contributed by atoms with Crippen LogP contribution in [0.15, 0.2) is 17.3 Å². The van der Waals surface area contributed by atoms with Gasteiger partial charge in [0.25, 0.3) is 0 Å². The first-order valence-electron chi connectivity index (χ1n) is 7.03. The number of hydrogen-bond acceptors (Lipinski definition) is 5. The molecule has 0 unspecified atom stereocenters. The van der Waals surface area contributed by atoms with Gasteiger partial charge in [0.1, 0.15) is 4.90 Å². The van der Waals surface area contributed by atoms with E-state index in [0.717, 1.165) is 26.1 Å². The van der Waals surface area contributed by atoms with Gasteiger partial charge in [-0.1, -0.05) is 6.92 Å². The lowest BCUT2D eigenvalue weighted by atomic mass is 10.4. The van der Waals surface area contributed by atoms with Gasteiger partial charge in [-0.05, 0) is 19.5 Å².